The van der Waals surface area contributed by atoms with Crippen molar-refractivity contribution in [2.45, 2.75) is 46.1 Å². The van der Waals surface area contributed by atoms with E-state index >= 15 is 0 Å². The Labute approximate surface area is 158 Å². The van der Waals surface area contributed by atoms with Gasteiger partial charge in [0.25, 0.3) is 0 Å². The molecule has 1 N–H and O–H groups in total. The predicted molar refractivity (Wildman–Crippen MR) is 101 cm³/mol. The number of fused-ring (bicyclic) bond motifs is 1. The molecule has 0 unspecified atom stereocenters. The van der Waals surface area contributed by atoms with Crippen molar-refractivity contribution >= 4 is 11.0 Å². The van der Waals surface area contributed by atoms with Crippen LogP contribution in [0.5, 0.6) is 0 Å². The lowest BCUT2D eigenvalue weighted by Crippen LogP contribution is -3.11. The Hall–Kier alpha value is -1.10. The summed E-state index contributed by atoms with van der Waals surface area (Å²) < 4.78 is 2.48. The number of likely N-dealkylation sites (N-methyl/N-ethyl adjacent to an activating group) is 1. The molecule has 1 fully saturated rings. The first kappa shape index (κ1) is 20.2. The number of hydrogen-bond acceptors (Lipinski definition) is 2. The molecule has 0 aliphatic carbocycles. The molecule has 3 rings (SSSR count). The van der Waals surface area contributed by atoms with Crippen LogP contribution in [0.3, 0.4) is 0 Å². The van der Waals surface area contributed by atoms with Crippen LogP contribution in [0.2, 0.25) is 0 Å². The Morgan fingerprint density at radius 1 is 1.00 bits per heavy atom. The number of likely N-dealkylation sites (tertiary alicyclic amines) is 1. The van der Waals surface area contributed by atoms with E-state index in [4.69, 9.17) is 4.98 Å². The zero-order valence-electron chi connectivity index (χ0n) is 15.8. The highest BCUT2D eigenvalue weighted by Crippen LogP contribution is 2.17. The van der Waals surface area contributed by atoms with Crippen LogP contribution in [0.25, 0.3) is 11.0 Å². The summed E-state index contributed by atoms with van der Waals surface area (Å²) in [7, 11) is 0. The SMILES string of the molecule is CC[NH+](CC)CCn1c(CCN2CCCCC2)nc2ccccc21.[Cl-]. The lowest BCUT2D eigenvalue weighted by atomic mass is 10.1. The number of halogens is 1. The third-order valence-electron chi connectivity index (χ3n) is 5.52. The van der Waals surface area contributed by atoms with Gasteiger partial charge in [0.05, 0.1) is 37.2 Å². The fourth-order valence-electron chi connectivity index (χ4n) is 3.88. The monoisotopic (exact) mass is 364 g/mol. The quantitative estimate of drug-likeness (QED) is 0.649. The van der Waals surface area contributed by atoms with Crippen molar-refractivity contribution in [3.05, 3.63) is 30.1 Å². The lowest BCUT2D eigenvalue weighted by Gasteiger charge is -2.26. The van der Waals surface area contributed by atoms with Crippen molar-refractivity contribution < 1.29 is 17.3 Å². The molecule has 0 spiro atoms. The third kappa shape index (κ3) is 5.19. The Kier molecular flexibility index (Phi) is 8.20. The highest BCUT2D eigenvalue weighted by molar-refractivity contribution is 5.75. The lowest BCUT2D eigenvalue weighted by molar-refractivity contribution is -0.897. The number of para-hydroxylation sites is 2. The molecule has 0 atom stereocenters. The van der Waals surface area contributed by atoms with Crippen molar-refractivity contribution in [1.82, 2.24) is 14.5 Å². The predicted octanol–water partition coefficient (Wildman–Crippen LogP) is -1.01. The summed E-state index contributed by atoms with van der Waals surface area (Å²) in [6.45, 7) is 12.9. The Morgan fingerprint density at radius 3 is 2.44 bits per heavy atom. The number of imidazole rings is 1. The fourth-order valence-corrected chi connectivity index (χ4v) is 3.88. The van der Waals surface area contributed by atoms with Crippen LogP contribution in [0.1, 0.15) is 38.9 Å². The number of hydrogen-bond donors (Lipinski definition) is 1. The molecule has 1 aliphatic heterocycles. The van der Waals surface area contributed by atoms with E-state index in [1.54, 1.807) is 4.90 Å². The number of piperidine rings is 1. The van der Waals surface area contributed by atoms with Crippen molar-refractivity contribution in [2.24, 2.45) is 0 Å². The molecular weight excluding hydrogens is 332 g/mol. The van der Waals surface area contributed by atoms with Crippen molar-refractivity contribution in [3.63, 3.8) is 0 Å². The molecule has 1 saturated heterocycles. The van der Waals surface area contributed by atoms with Gasteiger partial charge in [-0.1, -0.05) is 18.6 Å². The Balaban J connectivity index is 0.00000225. The first-order valence-electron chi connectivity index (χ1n) is 9.82. The number of benzene rings is 1. The van der Waals surface area contributed by atoms with Crippen LogP contribution in [-0.4, -0.2) is 53.7 Å². The normalized spacial score (nSPS) is 15.6. The van der Waals surface area contributed by atoms with E-state index in [0.717, 1.165) is 25.0 Å². The molecule has 1 aromatic carbocycles. The first-order chi connectivity index (χ1) is 11.8. The average molecular weight is 365 g/mol. The number of rotatable bonds is 8. The van der Waals surface area contributed by atoms with Gasteiger partial charge in [-0.05, 0) is 51.9 Å². The van der Waals surface area contributed by atoms with Crippen LogP contribution in [0.4, 0.5) is 0 Å². The highest BCUT2D eigenvalue weighted by atomic mass is 35.5. The van der Waals surface area contributed by atoms with E-state index in [-0.39, 0.29) is 12.4 Å². The topological polar surface area (TPSA) is 25.5 Å². The Bertz CT molecular complexity index is 630. The molecular formula is C20H33ClN4. The minimum atomic E-state index is 0. The van der Waals surface area contributed by atoms with Gasteiger partial charge in [-0.2, -0.15) is 0 Å². The first-order valence-corrected chi connectivity index (χ1v) is 9.82. The number of nitrogens with one attached hydrogen (secondary N) is 1. The van der Waals surface area contributed by atoms with Gasteiger partial charge >= 0.3 is 0 Å². The zero-order valence-corrected chi connectivity index (χ0v) is 16.6. The van der Waals surface area contributed by atoms with Crippen molar-refractivity contribution in [3.8, 4) is 0 Å². The minimum absolute atomic E-state index is 0. The van der Waals surface area contributed by atoms with Gasteiger partial charge in [-0.25, -0.2) is 4.98 Å². The van der Waals surface area contributed by atoms with E-state index in [1.807, 2.05) is 0 Å². The van der Waals surface area contributed by atoms with Crippen LogP contribution in [-0.2, 0) is 13.0 Å². The summed E-state index contributed by atoms with van der Waals surface area (Å²) in [5.41, 5.74) is 2.46. The largest absolute Gasteiger partial charge is 1.00 e. The zero-order chi connectivity index (χ0) is 16.8. The van der Waals surface area contributed by atoms with Crippen molar-refractivity contribution in [1.29, 1.82) is 0 Å². The van der Waals surface area contributed by atoms with Gasteiger partial charge in [0.15, 0.2) is 0 Å². The summed E-state index contributed by atoms with van der Waals surface area (Å²) in [5.74, 6) is 1.27. The molecule has 2 aromatic rings. The molecule has 5 heteroatoms. The van der Waals surface area contributed by atoms with E-state index in [0.29, 0.717) is 0 Å². The molecule has 0 radical (unpaired) electrons. The third-order valence-corrected chi connectivity index (χ3v) is 5.52. The van der Waals surface area contributed by atoms with E-state index in [2.05, 4.69) is 47.6 Å². The summed E-state index contributed by atoms with van der Waals surface area (Å²) in [4.78, 5) is 9.23. The van der Waals surface area contributed by atoms with Gasteiger partial charge < -0.3 is 26.8 Å². The molecule has 1 aromatic heterocycles. The molecule has 0 bridgehead atoms. The Morgan fingerprint density at radius 2 is 1.72 bits per heavy atom. The smallest absolute Gasteiger partial charge is 0.111 e. The van der Waals surface area contributed by atoms with Crippen LogP contribution >= 0.6 is 0 Å². The van der Waals surface area contributed by atoms with Gasteiger partial charge in [0, 0.05) is 13.0 Å². The van der Waals surface area contributed by atoms with Crippen LogP contribution in [0.15, 0.2) is 24.3 Å². The molecule has 25 heavy (non-hydrogen) atoms. The molecule has 1 aliphatic rings. The van der Waals surface area contributed by atoms with Gasteiger partial charge in [-0.15, -0.1) is 0 Å². The maximum atomic E-state index is 4.95. The van der Waals surface area contributed by atoms with Gasteiger partial charge in [0.1, 0.15) is 5.82 Å². The molecule has 4 nitrogen and oxygen atoms in total. The second kappa shape index (κ2) is 10.1. The molecule has 140 valence electrons. The summed E-state index contributed by atoms with van der Waals surface area (Å²) in [6.07, 6.45) is 5.20. The minimum Gasteiger partial charge on any atom is -1.00 e. The maximum absolute atomic E-state index is 4.95. The van der Waals surface area contributed by atoms with E-state index < -0.39 is 0 Å². The van der Waals surface area contributed by atoms with E-state index in [9.17, 15) is 0 Å². The molecule has 0 amide bonds. The summed E-state index contributed by atoms with van der Waals surface area (Å²) in [5, 5.41) is 0. The van der Waals surface area contributed by atoms with Crippen LogP contribution < -0.4 is 17.3 Å². The molecule has 2 heterocycles. The standard InChI is InChI=1S/C20H32N4.ClH/c1-3-22(4-2)16-17-24-19-11-7-6-10-18(19)21-20(24)12-15-23-13-8-5-9-14-23;/h6-7,10-11H,3-5,8-9,12-17H2,1-2H3;1H. The van der Waals surface area contributed by atoms with Gasteiger partial charge in [-0.3, -0.25) is 0 Å². The number of aromatic nitrogens is 2. The highest BCUT2D eigenvalue weighted by Gasteiger charge is 2.15. The fraction of sp³-hybridized carbons (Fsp3) is 0.650. The molecule has 0 saturated carbocycles. The van der Waals surface area contributed by atoms with Crippen LogP contribution in [0, 0.1) is 0 Å². The number of nitrogens with zero attached hydrogens (tertiary/aromatic N) is 3. The number of quaternary nitrogens is 1. The second-order valence-corrected chi connectivity index (χ2v) is 7.03. The summed E-state index contributed by atoms with van der Waals surface area (Å²) >= 11 is 0. The van der Waals surface area contributed by atoms with Gasteiger partial charge in [0.2, 0.25) is 0 Å². The second-order valence-electron chi connectivity index (χ2n) is 7.03. The maximum Gasteiger partial charge on any atom is 0.111 e. The summed E-state index contributed by atoms with van der Waals surface area (Å²) in [6, 6.07) is 8.62. The van der Waals surface area contributed by atoms with Crippen molar-refractivity contribution in [2.75, 3.05) is 39.3 Å². The average Bonchev–Trinajstić information content (AvgIpc) is 2.99. The van der Waals surface area contributed by atoms with E-state index in [1.165, 1.54) is 63.3 Å².